The quantitative estimate of drug-likeness (QED) is 0.415. The summed E-state index contributed by atoms with van der Waals surface area (Å²) in [5, 5.41) is -0.321. The molecular weight excluding hydrogens is 360 g/mol. The van der Waals surface area contributed by atoms with E-state index < -0.39 is 11.9 Å². The van der Waals surface area contributed by atoms with Gasteiger partial charge in [-0.05, 0) is 12.1 Å². The van der Waals surface area contributed by atoms with E-state index >= 15 is 0 Å². The molecule has 4 nitrogen and oxygen atoms in total. The van der Waals surface area contributed by atoms with Gasteiger partial charge in [0.25, 0.3) is 0 Å². The lowest BCUT2D eigenvalue weighted by Gasteiger charge is -2.12. The second kappa shape index (κ2) is 10.4. The first kappa shape index (κ1) is 19.6. The van der Waals surface area contributed by atoms with Crippen molar-refractivity contribution >= 4 is 62.5 Å². The summed E-state index contributed by atoms with van der Waals surface area (Å²) in [5.41, 5.74) is 0.322. The van der Waals surface area contributed by atoms with Crippen LogP contribution in [0.3, 0.4) is 0 Å². The van der Waals surface area contributed by atoms with Crippen LogP contribution in [0.5, 0.6) is 0 Å². The molecule has 0 saturated carbocycles. The molecule has 22 heavy (non-hydrogen) atoms. The highest BCUT2D eigenvalue weighted by molar-refractivity contribution is 7.85. The molecule has 1 aromatic carbocycles. The van der Waals surface area contributed by atoms with Crippen LogP contribution in [-0.4, -0.2) is 47.2 Å². The predicted octanol–water partition coefficient (Wildman–Crippen LogP) is 2.46. The Hall–Kier alpha value is -0.440. The summed E-state index contributed by atoms with van der Waals surface area (Å²) in [6, 6.07) is 6.34. The van der Waals surface area contributed by atoms with Gasteiger partial charge in [-0.2, -0.15) is 50.5 Å². The molecule has 2 atom stereocenters. The third kappa shape index (κ3) is 6.36. The van der Waals surface area contributed by atoms with E-state index in [9.17, 15) is 9.59 Å². The molecule has 0 aromatic heterocycles. The summed E-state index contributed by atoms with van der Waals surface area (Å²) < 4.78 is 10.2. The van der Waals surface area contributed by atoms with Crippen LogP contribution in [0, 0.1) is 0 Å². The molecule has 0 radical (unpaired) electrons. The van der Waals surface area contributed by atoms with E-state index in [1.807, 2.05) is 0 Å². The molecule has 0 fully saturated rings. The second-order valence-corrected chi connectivity index (χ2v) is 6.61. The van der Waals surface area contributed by atoms with Gasteiger partial charge in [-0.15, -0.1) is 0 Å². The van der Waals surface area contributed by atoms with Crippen molar-refractivity contribution < 1.29 is 19.1 Å². The van der Waals surface area contributed by atoms with Crippen LogP contribution in [0.4, 0.5) is 0 Å². The number of thiol groups is 4. The summed E-state index contributed by atoms with van der Waals surface area (Å²) in [6.45, 7) is 0.236. The molecule has 1 rings (SSSR count). The minimum absolute atomic E-state index is 0.118. The SMILES string of the molecule is O=C(OCC(S)CS)c1ccccc1C(=O)OCC(S)CS. The number of benzene rings is 1. The van der Waals surface area contributed by atoms with Crippen molar-refractivity contribution in [1.29, 1.82) is 0 Å². The number of carbonyl (C=O) groups is 2. The first-order valence-electron chi connectivity index (χ1n) is 6.50. The largest absolute Gasteiger partial charge is 0.461 e. The van der Waals surface area contributed by atoms with E-state index in [-0.39, 0.29) is 34.8 Å². The first-order chi connectivity index (χ1) is 10.5. The second-order valence-electron chi connectivity index (χ2n) is 4.42. The van der Waals surface area contributed by atoms with Crippen LogP contribution in [0.15, 0.2) is 24.3 Å². The van der Waals surface area contributed by atoms with E-state index in [1.54, 1.807) is 12.1 Å². The number of esters is 2. The maximum atomic E-state index is 12.1. The van der Waals surface area contributed by atoms with Gasteiger partial charge in [0.15, 0.2) is 0 Å². The lowest BCUT2D eigenvalue weighted by molar-refractivity contribution is 0.0465. The fourth-order valence-electron chi connectivity index (χ4n) is 1.44. The van der Waals surface area contributed by atoms with Crippen LogP contribution in [0.2, 0.25) is 0 Å². The molecule has 0 aliphatic heterocycles. The van der Waals surface area contributed by atoms with Gasteiger partial charge in [0.05, 0.1) is 11.1 Å². The third-order valence-electron chi connectivity index (χ3n) is 2.60. The average Bonchev–Trinajstić information content (AvgIpc) is 2.56. The lowest BCUT2D eigenvalue weighted by Crippen LogP contribution is -2.20. The van der Waals surface area contributed by atoms with Gasteiger partial charge in [0.1, 0.15) is 13.2 Å². The number of carbonyl (C=O) groups excluding carboxylic acids is 2. The molecule has 0 aliphatic carbocycles. The highest BCUT2D eigenvalue weighted by Gasteiger charge is 2.20. The van der Waals surface area contributed by atoms with E-state index in [0.29, 0.717) is 11.5 Å². The first-order valence-corrected chi connectivity index (χ1v) is 8.80. The fourth-order valence-corrected chi connectivity index (χ4v) is 1.80. The maximum absolute atomic E-state index is 12.1. The number of hydrogen-bond acceptors (Lipinski definition) is 8. The predicted molar refractivity (Wildman–Crippen MR) is 100 cm³/mol. The van der Waals surface area contributed by atoms with Gasteiger partial charge in [-0.3, -0.25) is 0 Å². The minimum atomic E-state index is -0.593. The molecular formula is C14H18O4S4. The van der Waals surface area contributed by atoms with Crippen LogP contribution < -0.4 is 0 Å². The summed E-state index contributed by atoms with van der Waals surface area (Å²) in [7, 11) is 0. The normalized spacial score (nSPS) is 13.3. The summed E-state index contributed by atoms with van der Waals surface area (Å²) in [5.74, 6) is -0.227. The zero-order valence-corrected chi connectivity index (χ0v) is 15.3. The molecule has 0 amide bonds. The molecule has 2 unspecified atom stereocenters. The Morgan fingerprint density at radius 1 is 0.864 bits per heavy atom. The van der Waals surface area contributed by atoms with Gasteiger partial charge in [0, 0.05) is 22.0 Å². The molecule has 1 aromatic rings. The Morgan fingerprint density at radius 3 is 1.55 bits per heavy atom. The molecule has 122 valence electrons. The topological polar surface area (TPSA) is 52.6 Å². The lowest BCUT2D eigenvalue weighted by atomic mass is 10.1. The van der Waals surface area contributed by atoms with Crippen molar-refractivity contribution in [1.82, 2.24) is 0 Å². The van der Waals surface area contributed by atoms with Crippen LogP contribution >= 0.6 is 50.5 Å². The van der Waals surface area contributed by atoms with E-state index in [4.69, 9.17) is 9.47 Å². The Bertz CT molecular complexity index is 464. The van der Waals surface area contributed by atoms with E-state index in [1.165, 1.54) is 12.1 Å². The highest BCUT2D eigenvalue weighted by atomic mass is 32.1. The number of ether oxygens (including phenoxy) is 2. The Balaban J connectivity index is 2.76. The van der Waals surface area contributed by atoms with Gasteiger partial charge in [0.2, 0.25) is 0 Å². The van der Waals surface area contributed by atoms with Gasteiger partial charge in [-0.25, -0.2) is 9.59 Å². The average molecular weight is 379 g/mol. The van der Waals surface area contributed by atoms with Crippen molar-refractivity contribution in [3.05, 3.63) is 35.4 Å². The molecule has 8 heteroatoms. The van der Waals surface area contributed by atoms with Crippen LogP contribution in [-0.2, 0) is 9.47 Å². The fraction of sp³-hybridized carbons (Fsp3) is 0.429. The third-order valence-corrected chi connectivity index (χ3v) is 4.72. The summed E-state index contributed by atoms with van der Waals surface area (Å²) in [6.07, 6.45) is 0. The van der Waals surface area contributed by atoms with Crippen LogP contribution in [0.25, 0.3) is 0 Å². The minimum Gasteiger partial charge on any atom is -0.461 e. The van der Waals surface area contributed by atoms with Gasteiger partial charge < -0.3 is 9.47 Å². The van der Waals surface area contributed by atoms with Crippen molar-refractivity contribution in [3.63, 3.8) is 0 Å². The standard InChI is InChI=1S/C14H18O4S4/c15-13(17-5-9(21)7-19)11-3-1-2-4-12(11)14(16)18-6-10(22)8-20/h1-4,9-10,19-22H,5-8H2. The maximum Gasteiger partial charge on any atom is 0.339 e. The number of hydrogen-bond donors (Lipinski definition) is 4. The van der Waals surface area contributed by atoms with Crippen LogP contribution in [0.1, 0.15) is 20.7 Å². The molecule has 0 saturated heterocycles. The number of rotatable bonds is 8. The Labute approximate surface area is 152 Å². The zero-order chi connectivity index (χ0) is 16.5. The zero-order valence-electron chi connectivity index (χ0n) is 11.7. The molecule has 0 heterocycles. The van der Waals surface area contributed by atoms with Crippen molar-refractivity contribution in [2.24, 2.45) is 0 Å². The van der Waals surface area contributed by atoms with E-state index in [0.717, 1.165) is 0 Å². The van der Waals surface area contributed by atoms with E-state index in [2.05, 4.69) is 50.5 Å². The van der Waals surface area contributed by atoms with Crippen molar-refractivity contribution in [2.45, 2.75) is 10.5 Å². The highest BCUT2D eigenvalue weighted by Crippen LogP contribution is 2.13. The van der Waals surface area contributed by atoms with Gasteiger partial charge in [-0.1, -0.05) is 12.1 Å². The Morgan fingerprint density at radius 2 is 1.23 bits per heavy atom. The smallest absolute Gasteiger partial charge is 0.339 e. The summed E-state index contributed by atoms with van der Waals surface area (Å²) in [4.78, 5) is 24.1. The summed E-state index contributed by atoms with van der Waals surface area (Å²) >= 11 is 16.5. The molecule has 0 bridgehead atoms. The van der Waals surface area contributed by atoms with Crippen molar-refractivity contribution in [3.8, 4) is 0 Å². The molecule has 0 N–H and O–H groups in total. The molecule has 0 aliphatic rings. The Kier molecular flexibility index (Phi) is 9.23. The molecule has 0 spiro atoms. The van der Waals surface area contributed by atoms with Gasteiger partial charge >= 0.3 is 11.9 Å². The van der Waals surface area contributed by atoms with Crippen molar-refractivity contribution in [2.75, 3.05) is 24.7 Å². The monoisotopic (exact) mass is 378 g/mol.